The van der Waals surface area contributed by atoms with Crippen molar-refractivity contribution in [3.8, 4) is 5.88 Å². The van der Waals surface area contributed by atoms with Gasteiger partial charge in [0.1, 0.15) is 12.3 Å². The summed E-state index contributed by atoms with van der Waals surface area (Å²) in [6.07, 6.45) is 1.86. The van der Waals surface area contributed by atoms with Crippen molar-refractivity contribution in [2.24, 2.45) is 0 Å². The van der Waals surface area contributed by atoms with Gasteiger partial charge in [0.2, 0.25) is 11.8 Å². The van der Waals surface area contributed by atoms with Crippen molar-refractivity contribution in [3.63, 3.8) is 0 Å². The first-order valence-corrected chi connectivity index (χ1v) is 9.92. The lowest BCUT2D eigenvalue weighted by atomic mass is 10.0. The second-order valence-corrected chi connectivity index (χ2v) is 7.24. The molecule has 0 spiro atoms. The molecule has 2 aromatic carbocycles. The molecule has 1 aliphatic heterocycles. The number of aromatic nitrogens is 1. The van der Waals surface area contributed by atoms with Crippen molar-refractivity contribution < 1.29 is 14.3 Å². The molecule has 1 N–H and O–H groups in total. The fourth-order valence-corrected chi connectivity index (χ4v) is 3.51. The summed E-state index contributed by atoms with van der Waals surface area (Å²) in [7, 11) is 0. The highest BCUT2D eigenvalue weighted by molar-refractivity contribution is 5.97. The van der Waals surface area contributed by atoms with Crippen LogP contribution in [0.5, 0.6) is 5.88 Å². The van der Waals surface area contributed by atoms with Crippen LogP contribution in [0.15, 0.2) is 72.9 Å². The minimum Gasteiger partial charge on any atom is -0.474 e. The van der Waals surface area contributed by atoms with Crippen LogP contribution < -0.4 is 15.0 Å². The van der Waals surface area contributed by atoms with Crippen LogP contribution >= 0.6 is 0 Å². The van der Waals surface area contributed by atoms with E-state index in [1.54, 1.807) is 23.2 Å². The molecule has 6 heteroatoms. The molecule has 0 fully saturated rings. The molecule has 4 rings (SSSR count). The van der Waals surface area contributed by atoms with E-state index in [2.05, 4.69) is 10.3 Å². The van der Waals surface area contributed by atoms with Crippen LogP contribution in [0.1, 0.15) is 33.9 Å². The summed E-state index contributed by atoms with van der Waals surface area (Å²) < 4.78 is 5.60. The number of hydrogen-bond acceptors (Lipinski definition) is 4. The average molecular weight is 401 g/mol. The first-order valence-electron chi connectivity index (χ1n) is 9.92. The van der Waals surface area contributed by atoms with Crippen LogP contribution in [-0.4, -0.2) is 29.9 Å². The van der Waals surface area contributed by atoms with Crippen molar-refractivity contribution in [2.75, 3.05) is 18.1 Å². The van der Waals surface area contributed by atoms with E-state index in [1.807, 2.05) is 61.5 Å². The van der Waals surface area contributed by atoms with E-state index in [-0.39, 0.29) is 18.2 Å². The molecule has 0 saturated carbocycles. The lowest BCUT2D eigenvalue weighted by Crippen LogP contribution is -2.41. The highest BCUT2D eigenvalue weighted by Gasteiger charge is 2.28. The third-order valence-electron chi connectivity index (χ3n) is 5.04. The van der Waals surface area contributed by atoms with Crippen LogP contribution in [0, 0.1) is 6.92 Å². The van der Waals surface area contributed by atoms with E-state index in [0.717, 1.165) is 11.1 Å². The number of nitrogens with zero attached hydrogens (tertiary/aromatic N) is 2. The molecule has 0 bridgehead atoms. The van der Waals surface area contributed by atoms with Gasteiger partial charge in [-0.25, -0.2) is 4.98 Å². The predicted molar refractivity (Wildman–Crippen MR) is 115 cm³/mol. The van der Waals surface area contributed by atoms with Gasteiger partial charge in [0.05, 0.1) is 19.0 Å². The van der Waals surface area contributed by atoms with E-state index >= 15 is 0 Å². The first-order chi connectivity index (χ1) is 14.6. The van der Waals surface area contributed by atoms with E-state index in [1.165, 1.54) is 0 Å². The summed E-state index contributed by atoms with van der Waals surface area (Å²) in [6, 6.07) is 20.0. The van der Waals surface area contributed by atoms with Gasteiger partial charge in [-0.2, -0.15) is 0 Å². The number of carbonyl (C=O) groups is 2. The van der Waals surface area contributed by atoms with E-state index in [4.69, 9.17) is 4.74 Å². The summed E-state index contributed by atoms with van der Waals surface area (Å²) in [6.45, 7) is 2.77. The van der Waals surface area contributed by atoms with Crippen LogP contribution in [-0.2, 0) is 4.79 Å². The standard InChI is InChI=1S/C24H23N3O3/c1-17-14-21-24(25-16-17)30-13-12-27(21)22(28)15-20(18-8-4-2-5-9-18)26-23(29)19-10-6-3-7-11-19/h2-11,14,16,20H,12-13,15H2,1H3,(H,26,29)/t20-/m0/s1. The maximum atomic E-state index is 13.3. The van der Waals surface area contributed by atoms with Gasteiger partial charge in [-0.1, -0.05) is 48.5 Å². The van der Waals surface area contributed by atoms with Crippen LogP contribution in [0.25, 0.3) is 0 Å². The van der Waals surface area contributed by atoms with Gasteiger partial charge in [-0.3, -0.25) is 9.59 Å². The number of amides is 2. The molecule has 3 aromatic rings. The number of fused-ring (bicyclic) bond motifs is 1. The quantitative estimate of drug-likeness (QED) is 0.708. The normalized spacial score (nSPS) is 13.7. The number of anilines is 1. The number of ether oxygens (including phenoxy) is 1. The summed E-state index contributed by atoms with van der Waals surface area (Å²) >= 11 is 0. The molecule has 0 unspecified atom stereocenters. The number of aryl methyl sites for hydroxylation is 1. The maximum absolute atomic E-state index is 13.3. The minimum atomic E-state index is -0.449. The molecule has 30 heavy (non-hydrogen) atoms. The van der Waals surface area contributed by atoms with E-state index in [9.17, 15) is 9.59 Å². The lowest BCUT2D eigenvalue weighted by molar-refractivity contribution is -0.119. The topological polar surface area (TPSA) is 71.5 Å². The summed E-state index contributed by atoms with van der Waals surface area (Å²) in [5, 5.41) is 3.02. The molecular formula is C24H23N3O3. The monoisotopic (exact) mass is 401 g/mol. The highest BCUT2D eigenvalue weighted by Crippen LogP contribution is 2.31. The highest BCUT2D eigenvalue weighted by atomic mass is 16.5. The largest absolute Gasteiger partial charge is 0.474 e. The molecule has 1 atom stereocenters. The van der Waals surface area contributed by atoms with Gasteiger partial charge in [-0.05, 0) is 36.2 Å². The van der Waals surface area contributed by atoms with Crippen molar-refractivity contribution in [3.05, 3.63) is 89.6 Å². The van der Waals surface area contributed by atoms with Gasteiger partial charge >= 0.3 is 0 Å². The van der Waals surface area contributed by atoms with Gasteiger partial charge in [-0.15, -0.1) is 0 Å². The smallest absolute Gasteiger partial charge is 0.251 e. The maximum Gasteiger partial charge on any atom is 0.251 e. The summed E-state index contributed by atoms with van der Waals surface area (Å²) in [4.78, 5) is 32.0. The Bertz CT molecular complexity index is 1040. The lowest BCUT2D eigenvalue weighted by Gasteiger charge is -2.30. The third kappa shape index (κ3) is 4.33. The van der Waals surface area contributed by atoms with Gasteiger partial charge < -0.3 is 15.0 Å². The Balaban J connectivity index is 1.57. The zero-order chi connectivity index (χ0) is 20.9. The van der Waals surface area contributed by atoms with E-state index in [0.29, 0.717) is 30.3 Å². The Morgan fingerprint density at radius 2 is 1.80 bits per heavy atom. The third-order valence-corrected chi connectivity index (χ3v) is 5.04. The van der Waals surface area contributed by atoms with Crippen LogP contribution in [0.3, 0.4) is 0 Å². The first kappa shape index (κ1) is 19.6. The van der Waals surface area contributed by atoms with Gasteiger partial charge in [0, 0.05) is 11.8 Å². The van der Waals surface area contributed by atoms with Gasteiger partial charge in [0.25, 0.3) is 5.91 Å². The molecule has 0 saturated heterocycles. The molecule has 1 aliphatic rings. The number of benzene rings is 2. The number of carbonyl (C=O) groups excluding carboxylic acids is 2. The Hall–Kier alpha value is -3.67. The second kappa shape index (κ2) is 8.78. The number of pyridine rings is 1. The molecule has 0 radical (unpaired) electrons. The van der Waals surface area contributed by atoms with Gasteiger partial charge in [0.15, 0.2) is 0 Å². The predicted octanol–water partition coefficient (Wildman–Crippen LogP) is 3.68. The van der Waals surface area contributed by atoms with Crippen LogP contribution in [0.2, 0.25) is 0 Å². The average Bonchev–Trinajstić information content (AvgIpc) is 2.79. The van der Waals surface area contributed by atoms with Crippen molar-refractivity contribution in [1.29, 1.82) is 0 Å². The van der Waals surface area contributed by atoms with Crippen molar-refractivity contribution in [2.45, 2.75) is 19.4 Å². The molecule has 152 valence electrons. The Kier molecular flexibility index (Phi) is 5.75. The van der Waals surface area contributed by atoms with Crippen molar-refractivity contribution in [1.82, 2.24) is 10.3 Å². The molecule has 2 amide bonds. The van der Waals surface area contributed by atoms with Crippen LogP contribution in [0.4, 0.5) is 5.69 Å². The Labute approximate surface area is 175 Å². The Morgan fingerprint density at radius 1 is 1.10 bits per heavy atom. The minimum absolute atomic E-state index is 0.0887. The fourth-order valence-electron chi connectivity index (χ4n) is 3.51. The second-order valence-electron chi connectivity index (χ2n) is 7.24. The number of hydrogen-bond donors (Lipinski definition) is 1. The SMILES string of the molecule is Cc1cnc2c(c1)N(C(=O)C[C@H](NC(=O)c1ccccc1)c1ccccc1)CCO2. The zero-order valence-electron chi connectivity index (χ0n) is 16.7. The van der Waals surface area contributed by atoms with E-state index < -0.39 is 6.04 Å². The molecule has 6 nitrogen and oxygen atoms in total. The summed E-state index contributed by atoms with van der Waals surface area (Å²) in [5.74, 6) is 0.163. The molecule has 2 heterocycles. The number of rotatable bonds is 5. The molecule has 1 aromatic heterocycles. The molecular weight excluding hydrogens is 378 g/mol. The Morgan fingerprint density at radius 3 is 2.53 bits per heavy atom. The zero-order valence-corrected chi connectivity index (χ0v) is 16.7. The summed E-state index contributed by atoms with van der Waals surface area (Å²) in [5.41, 5.74) is 3.06. The fraction of sp³-hybridized carbons (Fsp3) is 0.208. The number of nitrogens with one attached hydrogen (secondary N) is 1. The molecule has 0 aliphatic carbocycles. The van der Waals surface area contributed by atoms with Crippen molar-refractivity contribution >= 4 is 17.5 Å².